The van der Waals surface area contributed by atoms with E-state index >= 15 is 0 Å². The first-order chi connectivity index (χ1) is 13.8. The van der Waals surface area contributed by atoms with Gasteiger partial charge in [0.2, 0.25) is 0 Å². The summed E-state index contributed by atoms with van der Waals surface area (Å²) in [7, 11) is 0. The highest BCUT2D eigenvalue weighted by atomic mass is 127. The Hall–Kier alpha value is -1.81. The molecule has 2 aromatic rings. The second-order valence-corrected chi connectivity index (χ2v) is 7.35. The van der Waals surface area contributed by atoms with Crippen molar-refractivity contribution in [2.75, 3.05) is 25.1 Å². The van der Waals surface area contributed by atoms with Gasteiger partial charge in [0, 0.05) is 24.3 Å². The molecule has 30 heavy (non-hydrogen) atoms. The van der Waals surface area contributed by atoms with Crippen molar-refractivity contribution in [3.05, 3.63) is 65.2 Å². The SMILES string of the molecule is CCc1cccc(NC(N)=NCC2(c3cccc(C(F)(F)F)c3)CCOCC2)c1.I. The van der Waals surface area contributed by atoms with E-state index in [1.165, 1.54) is 17.7 Å². The number of alkyl halides is 3. The molecule has 1 fully saturated rings. The molecule has 0 atom stereocenters. The lowest BCUT2D eigenvalue weighted by Gasteiger charge is -2.37. The van der Waals surface area contributed by atoms with Gasteiger partial charge < -0.3 is 15.8 Å². The number of anilines is 1. The molecule has 1 heterocycles. The van der Waals surface area contributed by atoms with Gasteiger partial charge in [-0.05, 0) is 48.6 Å². The topological polar surface area (TPSA) is 59.6 Å². The third-order valence-corrected chi connectivity index (χ3v) is 5.41. The Kier molecular flexibility index (Phi) is 8.54. The van der Waals surface area contributed by atoms with Gasteiger partial charge in [0.1, 0.15) is 0 Å². The van der Waals surface area contributed by atoms with E-state index in [4.69, 9.17) is 10.5 Å². The maximum absolute atomic E-state index is 13.2. The Morgan fingerprint density at radius 1 is 1.13 bits per heavy atom. The molecular formula is C22H27F3IN3O. The molecule has 1 saturated heterocycles. The van der Waals surface area contributed by atoms with Crippen molar-refractivity contribution in [3.8, 4) is 0 Å². The van der Waals surface area contributed by atoms with E-state index in [2.05, 4.69) is 17.2 Å². The van der Waals surface area contributed by atoms with E-state index in [0.29, 0.717) is 38.2 Å². The molecule has 3 N–H and O–H groups in total. The molecule has 1 aliphatic heterocycles. The van der Waals surface area contributed by atoms with Crippen molar-refractivity contribution >= 4 is 35.6 Å². The van der Waals surface area contributed by atoms with Gasteiger partial charge in [-0.3, -0.25) is 4.99 Å². The molecule has 2 aromatic carbocycles. The maximum Gasteiger partial charge on any atom is 0.416 e. The van der Waals surface area contributed by atoms with Crippen LogP contribution in [0.4, 0.5) is 18.9 Å². The van der Waals surface area contributed by atoms with Gasteiger partial charge in [0.25, 0.3) is 0 Å². The minimum atomic E-state index is -4.38. The fourth-order valence-corrected chi connectivity index (χ4v) is 3.62. The van der Waals surface area contributed by atoms with Crippen molar-refractivity contribution in [1.82, 2.24) is 0 Å². The third kappa shape index (κ3) is 6.10. The molecule has 0 bridgehead atoms. The number of hydrogen-bond acceptors (Lipinski definition) is 2. The van der Waals surface area contributed by atoms with E-state index in [9.17, 15) is 13.2 Å². The lowest BCUT2D eigenvalue weighted by molar-refractivity contribution is -0.137. The van der Waals surface area contributed by atoms with Crippen LogP contribution < -0.4 is 11.1 Å². The number of nitrogens with zero attached hydrogens (tertiary/aromatic N) is 1. The summed E-state index contributed by atoms with van der Waals surface area (Å²) in [5, 5.41) is 3.08. The molecule has 1 aliphatic rings. The smallest absolute Gasteiger partial charge is 0.381 e. The Balaban J connectivity index is 0.00000320. The molecule has 164 valence electrons. The zero-order chi connectivity index (χ0) is 20.9. The predicted octanol–water partition coefficient (Wildman–Crippen LogP) is 5.36. The number of aliphatic imine (C=N–C) groups is 1. The number of aryl methyl sites for hydroxylation is 1. The normalized spacial score (nSPS) is 16.6. The van der Waals surface area contributed by atoms with Gasteiger partial charge in [-0.2, -0.15) is 13.2 Å². The molecule has 0 spiro atoms. The molecule has 0 radical (unpaired) electrons. The second-order valence-electron chi connectivity index (χ2n) is 7.35. The zero-order valence-electron chi connectivity index (χ0n) is 16.8. The van der Waals surface area contributed by atoms with Crippen molar-refractivity contribution in [2.45, 2.75) is 37.8 Å². The van der Waals surface area contributed by atoms with Crippen molar-refractivity contribution in [2.24, 2.45) is 10.7 Å². The summed E-state index contributed by atoms with van der Waals surface area (Å²) in [6.45, 7) is 3.33. The van der Waals surface area contributed by atoms with Crippen LogP contribution in [0.2, 0.25) is 0 Å². The van der Waals surface area contributed by atoms with Crippen LogP contribution in [-0.4, -0.2) is 25.7 Å². The van der Waals surface area contributed by atoms with Gasteiger partial charge in [0.05, 0.1) is 12.1 Å². The second kappa shape index (κ2) is 10.5. The molecular weight excluding hydrogens is 506 g/mol. The van der Waals surface area contributed by atoms with Crippen LogP contribution in [0.15, 0.2) is 53.5 Å². The van der Waals surface area contributed by atoms with Crippen LogP contribution in [-0.2, 0) is 22.7 Å². The van der Waals surface area contributed by atoms with Crippen LogP contribution in [0.25, 0.3) is 0 Å². The predicted molar refractivity (Wildman–Crippen MR) is 125 cm³/mol. The number of hydrogen-bond donors (Lipinski definition) is 2. The van der Waals surface area contributed by atoms with Crippen molar-refractivity contribution in [1.29, 1.82) is 0 Å². The monoisotopic (exact) mass is 533 g/mol. The molecule has 0 amide bonds. The molecule has 0 unspecified atom stereocenters. The highest BCUT2D eigenvalue weighted by Gasteiger charge is 2.37. The van der Waals surface area contributed by atoms with Crippen LogP contribution in [0.5, 0.6) is 0 Å². The van der Waals surface area contributed by atoms with Crippen molar-refractivity contribution in [3.63, 3.8) is 0 Å². The number of ether oxygens (including phenoxy) is 1. The van der Waals surface area contributed by atoms with Gasteiger partial charge in [-0.15, -0.1) is 24.0 Å². The first-order valence-electron chi connectivity index (χ1n) is 9.74. The summed E-state index contributed by atoms with van der Waals surface area (Å²) < 4.78 is 45.0. The highest BCUT2D eigenvalue weighted by molar-refractivity contribution is 14.0. The van der Waals surface area contributed by atoms with Gasteiger partial charge in [-0.25, -0.2) is 0 Å². The Morgan fingerprint density at radius 3 is 2.50 bits per heavy atom. The Bertz CT molecular complexity index is 865. The number of halogens is 4. The fourth-order valence-electron chi connectivity index (χ4n) is 3.62. The highest BCUT2D eigenvalue weighted by Crippen LogP contribution is 2.38. The summed E-state index contributed by atoms with van der Waals surface area (Å²) in [5.74, 6) is 0.246. The number of nitrogens with two attached hydrogens (primary N) is 1. The van der Waals surface area contributed by atoms with E-state index in [1.54, 1.807) is 6.07 Å². The van der Waals surface area contributed by atoms with Crippen LogP contribution in [0.3, 0.4) is 0 Å². The standard InChI is InChI=1S/C22H26F3N3O.HI/c1-2-16-5-3-8-19(13-16)28-20(26)27-15-21(9-11-29-12-10-21)17-6-4-7-18(14-17)22(23,24)25;/h3-8,13-14H,2,9-12,15H2,1H3,(H3,26,27,28);1H. The average molecular weight is 533 g/mol. The minimum absolute atomic E-state index is 0. The number of rotatable bonds is 5. The van der Waals surface area contributed by atoms with Gasteiger partial charge in [0.15, 0.2) is 5.96 Å². The Morgan fingerprint density at radius 2 is 1.83 bits per heavy atom. The largest absolute Gasteiger partial charge is 0.416 e. The van der Waals surface area contributed by atoms with Gasteiger partial charge >= 0.3 is 6.18 Å². The molecule has 0 aromatic heterocycles. The van der Waals surface area contributed by atoms with E-state index in [1.807, 2.05) is 24.3 Å². The lowest BCUT2D eigenvalue weighted by atomic mass is 9.74. The number of nitrogens with one attached hydrogen (secondary N) is 1. The quantitative estimate of drug-likeness (QED) is 0.309. The summed E-state index contributed by atoms with van der Waals surface area (Å²) in [5.41, 5.74) is 7.54. The Labute approximate surface area is 192 Å². The summed E-state index contributed by atoms with van der Waals surface area (Å²) >= 11 is 0. The lowest BCUT2D eigenvalue weighted by Crippen LogP contribution is -2.38. The van der Waals surface area contributed by atoms with E-state index in [-0.39, 0.29) is 29.9 Å². The van der Waals surface area contributed by atoms with Crippen LogP contribution >= 0.6 is 24.0 Å². The fraction of sp³-hybridized carbons (Fsp3) is 0.409. The molecule has 3 rings (SSSR count). The zero-order valence-corrected chi connectivity index (χ0v) is 19.2. The molecule has 4 nitrogen and oxygen atoms in total. The molecule has 8 heteroatoms. The summed E-state index contributed by atoms with van der Waals surface area (Å²) in [6.07, 6.45) is -2.28. The average Bonchev–Trinajstić information content (AvgIpc) is 2.72. The summed E-state index contributed by atoms with van der Waals surface area (Å²) in [4.78, 5) is 4.49. The maximum atomic E-state index is 13.2. The first kappa shape index (κ1) is 24.5. The number of guanidine groups is 1. The van der Waals surface area contributed by atoms with Gasteiger partial charge in [-0.1, -0.05) is 37.3 Å². The number of benzene rings is 2. The molecule has 0 aliphatic carbocycles. The summed E-state index contributed by atoms with van der Waals surface area (Å²) in [6, 6.07) is 13.4. The third-order valence-electron chi connectivity index (χ3n) is 5.41. The van der Waals surface area contributed by atoms with Crippen molar-refractivity contribution < 1.29 is 17.9 Å². The van der Waals surface area contributed by atoms with E-state index < -0.39 is 17.2 Å². The first-order valence-corrected chi connectivity index (χ1v) is 9.74. The van der Waals surface area contributed by atoms with Crippen LogP contribution in [0.1, 0.15) is 36.5 Å². The van der Waals surface area contributed by atoms with E-state index in [0.717, 1.165) is 18.2 Å². The molecule has 0 saturated carbocycles. The van der Waals surface area contributed by atoms with Crippen LogP contribution in [0, 0.1) is 0 Å². The minimum Gasteiger partial charge on any atom is -0.381 e.